The molecule has 0 aliphatic heterocycles. The quantitative estimate of drug-likeness (QED) is 0.553. The van der Waals surface area contributed by atoms with Crippen LogP contribution in [0.4, 0.5) is 4.53 Å². The number of halogens is 1. The van der Waals surface area contributed by atoms with Crippen LogP contribution in [-0.4, -0.2) is 19.2 Å². The summed E-state index contributed by atoms with van der Waals surface area (Å²) < 4.78 is 15.9. The van der Waals surface area contributed by atoms with Crippen molar-refractivity contribution in [1.82, 2.24) is 0 Å². The van der Waals surface area contributed by atoms with E-state index >= 15 is 0 Å². The van der Waals surface area contributed by atoms with Gasteiger partial charge in [0, 0.05) is 17.7 Å². The Morgan fingerprint density at radius 1 is 1.60 bits per heavy atom. The van der Waals surface area contributed by atoms with Crippen LogP contribution in [0, 0.1) is 0 Å². The third-order valence-corrected chi connectivity index (χ3v) is 0.960. The van der Waals surface area contributed by atoms with Gasteiger partial charge in [-0.15, -0.1) is 0 Å². The average Bonchev–Trinajstić information content (AvgIpc) is 1.98. The zero-order valence-corrected chi connectivity index (χ0v) is 5.93. The molecule has 0 amide bonds. The van der Waals surface area contributed by atoms with Gasteiger partial charge in [-0.25, -0.2) is 4.79 Å². The summed E-state index contributed by atoms with van der Waals surface area (Å²) in [6.07, 6.45) is 0.590. The number of carbonyl (C=O) groups excluding carboxylic acids is 1. The molecule has 0 aliphatic rings. The lowest BCUT2D eigenvalue weighted by molar-refractivity contribution is -0.183. The molecule has 0 aliphatic carbocycles. The van der Waals surface area contributed by atoms with Gasteiger partial charge in [-0.2, -0.15) is 0 Å². The van der Waals surface area contributed by atoms with E-state index < -0.39 is 5.97 Å². The van der Waals surface area contributed by atoms with Crippen LogP contribution in [0.1, 0.15) is 19.8 Å². The van der Waals surface area contributed by atoms with E-state index in [4.69, 9.17) is 4.74 Å². The number of rotatable bonds is 5. The second-order valence-electron chi connectivity index (χ2n) is 1.75. The van der Waals surface area contributed by atoms with Gasteiger partial charge in [-0.3, -0.25) is 4.94 Å². The summed E-state index contributed by atoms with van der Waals surface area (Å²) in [6, 6.07) is 0. The molecule has 4 heteroatoms. The summed E-state index contributed by atoms with van der Waals surface area (Å²) in [5.74, 6) is -0.834. The fourth-order valence-electron chi connectivity index (χ4n) is 0.501. The van der Waals surface area contributed by atoms with Crippen molar-refractivity contribution in [2.75, 3.05) is 13.2 Å². The number of hydrogen-bond donors (Lipinski definition) is 0. The Balaban J connectivity index is 2.96. The lowest BCUT2D eigenvalue weighted by Gasteiger charge is -1.96. The van der Waals surface area contributed by atoms with Crippen LogP contribution in [0.15, 0.2) is 0 Å². The molecule has 0 N–H and O–H groups in total. The van der Waals surface area contributed by atoms with E-state index in [0.29, 0.717) is 19.6 Å². The zero-order chi connectivity index (χ0) is 7.82. The van der Waals surface area contributed by atoms with Gasteiger partial charge in [0.05, 0.1) is 6.42 Å². The van der Waals surface area contributed by atoms with E-state index in [9.17, 15) is 9.32 Å². The summed E-state index contributed by atoms with van der Waals surface area (Å²) >= 11 is 0. The topological polar surface area (TPSA) is 35.5 Å². The molecule has 0 heterocycles. The van der Waals surface area contributed by atoms with Crippen molar-refractivity contribution in [3.05, 3.63) is 0 Å². The highest BCUT2D eigenvalue weighted by Crippen LogP contribution is 1.93. The molecule has 0 rings (SSSR count). The minimum absolute atomic E-state index is 0.0799. The first kappa shape index (κ1) is 9.36. The fraction of sp³-hybridized carbons (Fsp3) is 0.833. The lowest BCUT2D eigenvalue weighted by atomic mass is 10.3. The minimum Gasteiger partial charge on any atom is -0.382 e. The number of carbonyl (C=O) groups is 1. The summed E-state index contributed by atoms with van der Waals surface area (Å²) in [7, 11) is 0. The second kappa shape index (κ2) is 6.48. The van der Waals surface area contributed by atoms with Crippen LogP contribution in [0.25, 0.3) is 0 Å². The normalized spacial score (nSPS) is 9.40. The molecule has 0 aromatic rings. The Morgan fingerprint density at radius 2 is 2.30 bits per heavy atom. The average molecular weight is 150 g/mol. The van der Waals surface area contributed by atoms with Crippen LogP contribution in [0.2, 0.25) is 0 Å². The fourth-order valence-corrected chi connectivity index (χ4v) is 0.501. The Hall–Kier alpha value is -0.640. The van der Waals surface area contributed by atoms with E-state index in [-0.39, 0.29) is 6.42 Å². The lowest BCUT2D eigenvalue weighted by Crippen LogP contribution is -2.00. The SMILES string of the molecule is CCOCCCC(=O)OF. The molecule has 0 bridgehead atoms. The first-order chi connectivity index (χ1) is 4.81. The van der Waals surface area contributed by atoms with Crippen LogP contribution >= 0.6 is 0 Å². The summed E-state index contributed by atoms with van der Waals surface area (Å²) in [4.78, 5) is 13.1. The van der Waals surface area contributed by atoms with Gasteiger partial charge in [0.2, 0.25) is 0 Å². The standard InChI is InChI=1S/C6H11FO3/c1-2-9-5-3-4-6(8)10-7/h2-5H2,1H3. The molecule has 0 aromatic carbocycles. The molecule has 0 saturated carbocycles. The smallest absolute Gasteiger partial charge is 0.348 e. The van der Waals surface area contributed by atoms with Gasteiger partial charge in [-0.05, 0) is 13.3 Å². The molecule has 0 saturated heterocycles. The van der Waals surface area contributed by atoms with Crippen molar-refractivity contribution in [2.24, 2.45) is 0 Å². The first-order valence-corrected chi connectivity index (χ1v) is 3.20. The molecule has 0 radical (unpaired) electrons. The van der Waals surface area contributed by atoms with E-state index in [0.717, 1.165) is 0 Å². The highest BCUT2D eigenvalue weighted by Gasteiger charge is 2.00. The summed E-state index contributed by atoms with van der Waals surface area (Å²) in [5, 5.41) is 0. The van der Waals surface area contributed by atoms with Gasteiger partial charge in [0.1, 0.15) is 0 Å². The molecule has 0 atom stereocenters. The van der Waals surface area contributed by atoms with Crippen LogP contribution in [0.5, 0.6) is 0 Å². The zero-order valence-electron chi connectivity index (χ0n) is 5.93. The second-order valence-corrected chi connectivity index (χ2v) is 1.75. The van der Waals surface area contributed by atoms with E-state index in [1.807, 2.05) is 6.92 Å². The first-order valence-electron chi connectivity index (χ1n) is 3.20. The van der Waals surface area contributed by atoms with Crippen molar-refractivity contribution in [3.63, 3.8) is 0 Å². The molecular formula is C6H11FO3. The van der Waals surface area contributed by atoms with Crippen molar-refractivity contribution in [1.29, 1.82) is 0 Å². The number of ether oxygens (including phenoxy) is 1. The Morgan fingerprint density at radius 3 is 2.80 bits per heavy atom. The van der Waals surface area contributed by atoms with Crippen LogP contribution < -0.4 is 0 Å². The molecule has 0 fully saturated rings. The third-order valence-electron chi connectivity index (χ3n) is 0.960. The molecular weight excluding hydrogens is 139 g/mol. The maximum absolute atomic E-state index is 11.0. The largest absolute Gasteiger partial charge is 0.382 e. The van der Waals surface area contributed by atoms with Gasteiger partial charge in [0.15, 0.2) is 0 Å². The molecule has 60 valence electrons. The Kier molecular flexibility index (Phi) is 6.06. The Labute approximate surface area is 59.0 Å². The highest BCUT2D eigenvalue weighted by molar-refractivity contribution is 5.68. The minimum atomic E-state index is -0.834. The van der Waals surface area contributed by atoms with E-state index in [2.05, 4.69) is 4.94 Å². The van der Waals surface area contributed by atoms with E-state index in [1.165, 1.54) is 0 Å². The molecule has 3 nitrogen and oxygen atoms in total. The predicted molar refractivity (Wildman–Crippen MR) is 32.9 cm³/mol. The monoisotopic (exact) mass is 150 g/mol. The van der Waals surface area contributed by atoms with Crippen LogP contribution in [-0.2, 0) is 14.5 Å². The van der Waals surface area contributed by atoms with Gasteiger partial charge >= 0.3 is 5.97 Å². The molecule has 10 heavy (non-hydrogen) atoms. The molecule has 0 spiro atoms. The molecule has 0 aromatic heterocycles. The van der Waals surface area contributed by atoms with Gasteiger partial charge < -0.3 is 4.74 Å². The van der Waals surface area contributed by atoms with Crippen molar-refractivity contribution in [3.8, 4) is 0 Å². The summed E-state index contributed by atoms with van der Waals surface area (Å²) in [5.41, 5.74) is 0. The number of hydrogen-bond acceptors (Lipinski definition) is 3. The van der Waals surface area contributed by atoms with Crippen molar-refractivity contribution >= 4 is 5.97 Å². The van der Waals surface area contributed by atoms with Gasteiger partial charge in [-0.1, -0.05) is 0 Å². The third kappa shape index (κ3) is 5.50. The van der Waals surface area contributed by atoms with E-state index in [1.54, 1.807) is 0 Å². The van der Waals surface area contributed by atoms with Crippen LogP contribution in [0.3, 0.4) is 0 Å². The maximum atomic E-state index is 11.0. The van der Waals surface area contributed by atoms with Crippen molar-refractivity contribution < 1.29 is 19.0 Å². The van der Waals surface area contributed by atoms with Gasteiger partial charge in [0.25, 0.3) is 0 Å². The highest BCUT2D eigenvalue weighted by atomic mass is 19.3. The van der Waals surface area contributed by atoms with Crippen molar-refractivity contribution in [2.45, 2.75) is 19.8 Å². The molecule has 0 unspecified atom stereocenters. The maximum Gasteiger partial charge on any atom is 0.348 e. The summed E-state index contributed by atoms with van der Waals surface area (Å²) in [6.45, 7) is 2.95. The Bertz CT molecular complexity index is 95.0. The predicted octanol–water partition coefficient (Wildman–Crippen LogP) is 1.23.